The van der Waals surface area contributed by atoms with Crippen molar-refractivity contribution in [3.05, 3.63) is 95.2 Å². The molecule has 1 aromatic heterocycles. The summed E-state index contributed by atoms with van der Waals surface area (Å²) in [7, 11) is 0. The normalized spacial score (nSPS) is 14.0. The van der Waals surface area contributed by atoms with Crippen molar-refractivity contribution in [1.29, 1.82) is 0 Å². The molecule has 3 amide bonds. The van der Waals surface area contributed by atoms with Crippen LogP contribution in [-0.2, 0) is 15.7 Å². The van der Waals surface area contributed by atoms with E-state index in [1.165, 1.54) is 48.7 Å². The van der Waals surface area contributed by atoms with Crippen molar-refractivity contribution in [3.63, 3.8) is 0 Å². The van der Waals surface area contributed by atoms with Gasteiger partial charge >= 0.3 is 6.18 Å². The standard InChI is InChI=1S/C29H28F3N5O4/c30-29(31,32)23-5-2-6-24(18-23)35-28(40)21-4-1-3-20(17-21)7-10-26(38)36-25-9-8-22(19-34-25)27(39)33-11-12-37-13-15-41-16-14-37/h1-10,17-19H,11-16H2,(H,33,39)(H,35,40)(H,34,36,38)/b10-7+. The van der Waals surface area contributed by atoms with Crippen LogP contribution in [0.25, 0.3) is 6.08 Å². The number of rotatable bonds is 9. The van der Waals surface area contributed by atoms with Crippen LogP contribution in [0.1, 0.15) is 31.8 Å². The number of ether oxygens (including phenoxy) is 1. The summed E-state index contributed by atoms with van der Waals surface area (Å²) in [5.41, 5.74) is 0.221. The molecule has 0 bridgehead atoms. The molecular formula is C29H28F3N5O4. The second-order valence-electron chi connectivity index (χ2n) is 9.12. The van der Waals surface area contributed by atoms with E-state index in [9.17, 15) is 27.6 Å². The lowest BCUT2D eigenvalue weighted by Crippen LogP contribution is -2.41. The predicted octanol–water partition coefficient (Wildman–Crippen LogP) is 4.07. The number of benzene rings is 2. The Morgan fingerprint density at radius 2 is 1.71 bits per heavy atom. The molecule has 0 saturated carbocycles. The molecule has 3 aromatic rings. The summed E-state index contributed by atoms with van der Waals surface area (Å²) >= 11 is 0. The minimum Gasteiger partial charge on any atom is -0.379 e. The average Bonchev–Trinajstić information content (AvgIpc) is 2.97. The molecule has 41 heavy (non-hydrogen) atoms. The van der Waals surface area contributed by atoms with Crippen molar-refractivity contribution in [2.75, 3.05) is 50.0 Å². The van der Waals surface area contributed by atoms with Gasteiger partial charge in [0.25, 0.3) is 11.8 Å². The van der Waals surface area contributed by atoms with E-state index < -0.39 is 23.6 Å². The van der Waals surface area contributed by atoms with Crippen molar-refractivity contribution in [1.82, 2.24) is 15.2 Å². The fraction of sp³-hybridized carbons (Fsp3) is 0.241. The Balaban J connectivity index is 1.27. The van der Waals surface area contributed by atoms with Gasteiger partial charge in [-0.1, -0.05) is 18.2 Å². The fourth-order valence-corrected chi connectivity index (χ4v) is 3.96. The highest BCUT2D eigenvalue weighted by Crippen LogP contribution is 2.30. The fourth-order valence-electron chi connectivity index (χ4n) is 3.96. The molecule has 0 spiro atoms. The number of carbonyl (C=O) groups is 3. The monoisotopic (exact) mass is 567 g/mol. The van der Waals surface area contributed by atoms with E-state index in [1.54, 1.807) is 18.2 Å². The molecule has 0 aliphatic carbocycles. The Hall–Kier alpha value is -4.55. The van der Waals surface area contributed by atoms with E-state index in [2.05, 4.69) is 25.8 Å². The highest BCUT2D eigenvalue weighted by atomic mass is 19.4. The summed E-state index contributed by atoms with van der Waals surface area (Å²) in [5, 5.41) is 7.89. The number of alkyl halides is 3. The lowest BCUT2D eigenvalue weighted by molar-refractivity contribution is -0.137. The highest BCUT2D eigenvalue weighted by molar-refractivity contribution is 6.05. The maximum absolute atomic E-state index is 12.9. The van der Waals surface area contributed by atoms with Crippen LogP contribution in [-0.4, -0.2) is 67.0 Å². The molecule has 2 aromatic carbocycles. The van der Waals surface area contributed by atoms with Gasteiger partial charge in [0, 0.05) is 49.7 Å². The van der Waals surface area contributed by atoms with Crippen LogP contribution in [0.4, 0.5) is 24.7 Å². The number of pyridine rings is 1. The van der Waals surface area contributed by atoms with Gasteiger partial charge in [-0.25, -0.2) is 4.98 Å². The summed E-state index contributed by atoms with van der Waals surface area (Å²) in [6.45, 7) is 4.28. The van der Waals surface area contributed by atoms with Gasteiger partial charge in [0.15, 0.2) is 0 Å². The van der Waals surface area contributed by atoms with Gasteiger partial charge in [0.2, 0.25) is 5.91 Å². The van der Waals surface area contributed by atoms with Crippen molar-refractivity contribution in [2.24, 2.45) is 0 Å². The van der Waals surface area contributed by atoms with Crippen LogP contribution in [0.3, 0.4) is 0 Å². The van der Waals surface area contributed by atoms with Crippen LogP contribution in [0.2, 0.25) is 0 Å². The molecule has 0 radical (unpaired) electrons. The Morgan fingerprint density at radius 1 is 0.927 bits per heavy atom. The molecule has 9 nitrogen and oxygen atoms in total. The number of hydrogen-bond donors (Lipinski definition) is 3. The zero-order valence-corrected chi connectivity index (χ0v) is 21.9. The number of morpholine rings is 1. The van der Waals surface area contributed by atoms with E-state index in [-0.39, 0.29) is 23.0 Å². The molecule has 1 aliphatic rings. The number of nitrogens with zero attached hydrogens (tertiary/aromatic N) is 2. The van der Waals surface area contributed by atoms with Gasteiger partial charge in [-0.15, -0.1) is 0 Å². The average molecular weight is 568 g/mol. The minimum atomic E-state index is -4.53. The Kier molecular flexibility index (Phi) is 9.82. The van der Waals surface area contributed by atoms with Crippen molar-refractivity contribution < 1.29 is 32.3 Å². The van der Waals surface area contributed by atoms with Gasteiger partial charge in [-0.3, -0.25) is 19.3 Å². The number of halogens is 3. The Bertz CT molecular complexity index is 1400. The first-order chi connectivity index (χ1) is 19.7. The summed E-state index contributed by atoms with van der Waals surface area (Å²) in [6, 6.07) is 13.7. The number of carbonyl (C=O) groups excluding carboxylic acids is 3. The minimum absolute atomic E-state index is 0.00846. The first-order valence-electron chi connectivity index (χ1n) is 12.8. The van der Waals surface area contributed by atoms with E-state index in [4.69, 9.17) is 4.74 Å². The van der Waals surface area contributed by atoms with Crippen LogP contribution >= 0.6 is 0 Å². The van der Waals surface area contributed by atoms with Gasteiger partial charge in [-0.2, -0.15) is 13.2 Å². The molecule has 2 heterocycles. The Morgan fingerprint density at radius 3 is 2.44 bits per heavy atom. The van der Waals surface area contributed by atoms with E-state index in [0.29, 0.717) is 30.9 Å². The number of hydrogen-bond acceptors (Lipinski definition) is 6. The second-order valence-corrected chi connectivity index (χ2v) is 9.12. The molecule has 3 N–H and O–H groups in total. The van der Waals surface area contributed by atoms with Crippen LogP contribution in [0.15, 0.2) is 72.9 Å². The summed E-state index contributed by atoms with van der Waals surface area (Å²) < 4.78 is 44.1. The second kappa shape index (κ2) is 13.7. The van der Waals surface area contributed by atoms with E-state index >= 15 is 0 Å². The molecular weight excluding hydrogens is 539 g/mol. The van der Waals surface area contributed by atoms with Crippen molar-refractivity contribution in [2.45, 2.75) is 6.18 Å². The molecule has 12 heteroatoms. The summed E-state index contributed by atoms with van der Waals surface area (Å²) in [5.74, 6) is -1.10. The Labute approximate surface area is 234 Å². The number of aromatic nitrogens is 1. The van der Waals surface area contributed by atoms with Crippen molar-refractivity contribution in [3.8, 4) is 0 Å². The molecule has 0 atom stereocenters. The molecule has 1 aliphatic heterocycles. The SMILES string of the molecule is O=C(/C=C/c1cccc(C(=O)Nc2cccc(C(F)(F)F)c2)c1)Nc1ccc(C(=O)NCCN2CCOCC2)cn1. The van der Waals surface area contributed by atoms with E-state index in [1.807, 2.05) is 0 Å². The van der Waals surface area contributed by atoms with Crippen LogP contribution in [0.5, 0.6) is 0 Å². The third kappa shape index (κ3) is 8.98. The zero-order chi connectivity index (χ0) is 29.2. The number of anilines is 2. The number of nitrogens with one attached hydrogen (secondary N) is 3. The summed E-state index contributed by atoms with van der Waals surface area (Å²) in [4.78, 5) is 43.6. The highest BCUT2D eigenvalue weighted by Gasteiger charge is 2.30. The molecule has 1 saturated heterocycles. The van der Waals surface area contributed by atoms with Gasteiger partial charge in [0.1, 0.15) is 5.82 Å². The third-order valence-electron chi connectivity index (χ3n) is 6.12. The summed E-state index contributed by atoms with van der Waals surface area (Å²) in [6.07, 6.45) is -0.429. The molecule has 1 fully saturated rings. The van der Waals surface area contributed by atoms with Crippen LogP contribution in [0, 0.1) is 0 Å². The van der Waals surface area contributed by atoms with Crippen LogP contribution < -0.4 is 16.0 Å². The lowest BCUT2D eigenvalue weighted by atomic mass is 10.1. The van der Waals surface area contributed by atoms with Gasteiger partial charge in [0.05, 0.1) is 24.3 Å². The third-order valence-corrected chi connectivity index (χ3v) is 6.12. The predicted molar refractivity (Wildman–Crippen MR) is 147 cm³/mol. The van der Waals surface area contributed by atoms with Gasteiger partial charge in [-0.05, 0) is 54.1 Å². The maximum atomic E-state index is 12.9. The number of amides is 3. The van der Waals surface area contributed by atoms with E-state index in [0.717, 1.165) is 31.8 Å². The molecule has 4 rings (SSSR count). The largest absolute Gasteiger partial charge is 0.416 e. The first-order valence-corrected chi connectivity index (χ1v) is 12.8. The lowest BCUT2D eigenvalue weighted by Gasteiger charge is -2.26. The molecule has 214 valence electrons. The smallest absolute Gasteiger partial charge is 0.379 e. The van der Waals surface area contributed by atoms with Gasteiger partial charge < -0.3 is 20.7 Å². The first kappa shape index (κ1) is 29.4. The molecule has 0 unspecified atom stereocenters. The topological polar surface area (TPSA) is 113 Å². The van der Waals surface area contributed by atoms with Crippen molar-refractivity contribution >= 4 is 35.3 Å². The zero-order valence-electron chi connectivity index (χ0n) is 21.9. The quantitative estimate of drug-likeness (QED) is 0.336. The maximum Gasteiger partial charge on any atom is 0.416 e.